The minimum Gasteiger partial charge on any atom is -0.322 e. The number of aromatic amines is 1. The van der Waals surface area contributed by atoms with Crippen molar-refractivity contribution in [1.82, 2.24) is 4.98 Å². The van der Waals surface area contributed by atoms with Crippen LogP contribution in [0, 0.1) is 0 Å². The van der Waals surface area contributed by atoms with Crippen LogP contribution in [0.4, 0.5) is 5.69 Å². The summed E-state index contributed by atoms with van der Waals surface area (Å²) in [6.45, 7) is 4.10. The van der Waals surface area contributed by atoms with Crippen LogP contribution in [0.25, 0.3) is 10.9 Å². The lowest BCUT2D eigenvalue weighted by Gasteiger charge is -2.12. The molecule has 2 N–H and O–H groups in total. The molecule has 3 aromatic rings. The maximum atomic E-state index is 12.4. The number of amides is 1. The summed E-state index contributed by atoms with van der Waals surface area (Å²) in [6.07, 6.45) is 0. The van der Waals surface area contributed by atoms with Gasteiger partial charge >= 0.3 is 0 Å². The van der Waals surface area contributed by atoms with E-state index in [1.807, 2.05) is 30.3 Å². The van der Waals surface area contributed by atoms with Gasteiger partial charge in [-0.25, -0.2) is 0 Å². The number of hydrogen-bond donors (Lipinski definition) is 2. The average Bonchev–Trinajstić information content (AvgIpc) is 2.54. The van der Waals surface area contributed by atoms with Crippen LogP contribution in [0.1, 0.15) is 35.7 Å². The highest BCUT2D eigenvalue weighted by Gasteiger charge is 2.11. The van der Waals surface area contributed by atoms with Crippen molar-refractivity contribution in [2.45, 2.75) is 19.8 Å². The second-order valence-electron chi connectivity index (χ2n) is 5.94. The van der Waals surface area contributed by atoms with Crippen molar-refractivity contribution in [3.05, 3.63) is 74.5 Å². The van der Waals surface area contributed by atoms with E-state index in [4.69, 9.17) is 0 Å². The monoisotopic (exact) mass is 384 g/mol. The lowest BCUT2D eigenvalue weighted by Crippen LogP contribution is -2.13. The Labute approximate surface area is 148 Å². The lowest BCUT2D eigenvalue weighted by atomic mass is 9.99. The number of carbonyl (C=O) groups is 1. The molecule has 0 aliphatic rings. The van der Waals surface area contributed by atoms with Crippen LogP contribution in [-0.4, -0.2) is 10.9 Å². The smallest absolute Gasteiger partial charge is 0.256 e. The number of H-pyrrole nitrogens is 1. The number of pyridine rings is 1. The van der Waals surface area contributed by atoms with E-state index < -0.39 is 0 Å². The van der Waals surface area contributed by atoms with Gasteiger partial charge in [-0.15, -0.1) is 0 Å². The molecular weight excluding hydrogens is 368 g/mol. The normalized spacial score (nSPS) is 11.0. The van der Waals surface area contributed by atoms with E-state index in [9.17, 15) is 9.59 Å². The molecule has 0 fully saturated rings. The van der Waals surface area contributed by atoms with Crippen LogP contribution < -0.4 is 10.9 Å². The van der Waals surface area contributed by atoms with Crippen LogP contribution >= 0.6 is 15.9 Å². The van der Waals surface area contributed by atoms with Gasteiger partial charge in [-0.2, -0.15) is 0 Å². The van der Waals surface area contributed by atoms with Crippen LogP contribution in [0.5, 0.6) is 0 Å². The first-order chi connectivity index (χ1) is 11.5. The van der Waals surface area contributed by atoms with Gasteiger partial charge in [-0.1, -0.05) is 32.0 Å². The van der Waals surface area contributed by atoms with Crippen molar-refractivity contribution in [2.24, 2.45) is 0 Å². The van der Waals surface area contributed by atoms with E-state index in [0.29, 0.717) is 11.3 Å². The molecule has 1 amide bonds. The predicted octanol–water partition coefficient (Wildman–Crippen LogP) is 4.67. The fourth-order valence-electron chi connectivity index (χ4n) is 2.69. The van der Waals surface area contributed by atoms with E-state index in [0.717, 1.165) is 20.9 Å². The zero-order valence-corrected chi connectivity index (χ0v) is 15.0. The van der Waals surface area contributed by atoms with Gasteiger partial charge in [0.25, 0.3) is 5.91 Å². The molecule has 0 aliphatic carbocycles. The zero-order chi connectivity index (χ0) is 17.3. The number of carbonyl (C=O) groups excluding carboxylic acids is 1. The molecule has 0 atom stereocenters. The zero-order valence-electron chi connectivity index (χ0n) is 13.4. The van der Waals surface area contributed by atoms with E-state index in [2.05, 4.69) is 40.1 Å². The molecule has 0 bridgehead atoms. The molecular formula is C19H17BrN2O2. The SMILES string of the molecule is CC(C)c1cc(=O)[nH]c2cc(NC(=O)c3ccccc3Br)ccc12. The minimum atomic E-state index is -0.204. The van der Waals surface area contributed by atoms with Crippen molar-refractivity contribution in [3.63, 3.8) is 0 Å². The molecule has 2 aromatic carbocycles. The van der Waals surface area contributed by atoms with Crippen molar-refractivity contribution >= 4 is 38.4 Å². The van der Waals surface area contributed by atoms with Crippen LogP contribution in [0.15, 0.2) is 57.8 Å². The summed E-state index contributed by atoms with van der Waals surface area (Å²) >= 11 is 3.38. The molecule has 0 radical (unpaired) electrons. The van der Waals surface area contributed by atoms with Crippen molar-refractivity contribution < 1.29 is 4.79 Å². The van der Waals surface area contributed by atoms with E-state index in [-0.39, 0.29) is 17.4 Å². The maximum Gasteiger partial charge on any atom is 0.256 e. The Hall–Kier alpha value is -2.40. The number of rotatable bonds is 3. The highest BCUT2D eigenvalue weighted by atomic mass is 79.9. The van der Waals surface area contributed by atoms with Gasteiger partial charge in [-0.3, -0.25) is 9.59 Å². The quantitative estimate of drug-likeness (QED) is 0.689. The largest absolute Gasteiger partial charge is 0.322 e. The number of nitrogens with one attached hydrogen (secondary N) is 2. The fraction of sp³-hybridized carbons (Fsp3) is 0.158. The molecule has 0 saturated heterocycles. The summed E-state index contributed by atoms with van der Waals surface area (Å²) in [5.74, 6) is 0.0414. The minimum absolute atomic E-state index is 0.138. The topological polar surface area (TPSA) is 62.0 Å². The average molecular weight is 385 g/mol. The van der Waals surface area contributed by atoms with Crippen molar-refractivity contribution in [1.29, 1.82) is 0 Å². The molecule has 5 heteroatoms. The van der Waals surface area contributed by atoms with Crippen LogP contribution in [0.2, 0.25) is 0 Å². The second-order valence-corrected chi connectivity index (χ2v) is 6.79. The first-order valence-electron chi connectivity index (χ1n) is 7.68. The van der Waals surface area contributed by atoms with Gasteiger partial charge in [0.05, 0.1) is 11.1 Å². The number of anilines is 1. The Bertz CT molecular complexity index is 977. The van der Waals surface area contributed by atoms with Crippen LogP contribution in [-0.2, 0) is 0 Å². The summed E-state index contributed by atoms with van der Waals surface area (Å²) in [4.78, 5) is 27.1. The molecule has 1 aromatic heterocycles. The number of benzene rings is 2. The summed E-state index contributed by atoms with van der Waals surface area (Å²) < 4.78 is 0.735. The molecule has 0 saturated carbocycles. The number of hydrogen-bond acceptors (Lipinski definition) is 2. The third-order valence-electron chi connectivity index (χ3n) is 3.87. The Morgan fingerprint density at radius 3 is 2.58 bits per heavy atom. The molecule has 24 heavy (non-hydrogen) atoms. The predicted molar refractivity (Wildman–Crippen MR) is 101 cm³/mol. The third-order valence-corrected chi connectivity index (χ3v) is 4.56. The second kappa shape index (κ2) is 6.61. The first kappa shape index (κ1) is 16.5. The Morgan fingerprint density at radius 2 is 1.88 bits per heavy atom. The van der Waals surface area contributed by atoms with Gasteiger partial charge in [0.1, 0.15) is 0 Å². The van der Waals surface area contributed by atoms with Gasteiger partial charge in [0.2, 0.25) is 5.56 Å². The summed E-state index contributed by atoms with van der Waals surface area (Å²) in [5.41, 5.74) is 2.77. The number of fused-ring (bicyclic) bond motifs is 1. The van der Waals surface area contributed by atoms with E-state index in [1.54, 1.807) is 18.2 Å². The molecule has 0 spiro atoms. The Kier molecular flexibility index (Phi) is 4.53. The maximum absolute atomic E-state index is 12.4. The highest BCUT2D eigenvalue weighted by molar-refractivity contribution is 9.10. The standard InChI is InChI=1S/C19H17BrN2O2/c1-11(2)15-10-18(23)22-17-9-12(7-8-13(15)17)21-19(24)14-5-3-4-6-16(14)20/h3-11H,1-2H3,(H,21,24)(H,22,23). The van der Waals surface area contributed by atoms with Gasteiger partial charge in [-0.05, 0) is 51.7 Å². The molecule has 0 aliphatic heterocycles. The van der Waals surface area contributed by atoms with Crippen molar-refractivity contribution in [2.75, 3.05) is 5.32 Å². The Balaban J connectivity index is 1.98. The van der Waals surface area contributed by atoms with E-state index in [1.165, 1.54) is 0 Å². The Morgan fingerprint density at radius 1 is 1.12 bits per heavy atom. The lowest BCUT2D eigenvalue weighted by molar-refractivity contribution is 0.102. The molecule has 4 nitrogen and oxygen atoms in total. The molecule has 122 valence electrons. The highest BCUT2D eigenvalue weighted by Crippen LogP contribution is 2.25. The molecule has 1 heterocycles. The molecule has 3 rings (SSSR count). The van der Waals surface area contributed by atoms with Crippen LogP contribution in [0.3, 0.4) is 0 Å². The summed E-state index contributed by atoms with van der Waals surface area (Å²) in [6, 6.07) is 14.4. The molecule has 0 unspecified atom stereocenters. The summed E-state index contributed by atoms with van der Waals surface area (Å²) in [5, 5.41) is 3.86. The summed E-state index contributed by atoms with van der Waals surface area (Å²) in [7, 11) is 0. The fourth-order valence-corrected chi connectivity index (χ4v) is 3.15. The van der Waals surface area contributed by atoms with Crippen molar-refractivity contribution in [3.8, 4) is 0 Å². The van der Waals surface area contributed by atoms with Gasteiger partial charge < -0.3 is 10.3 Å². The number of halogens is 1. The third kappa shape index (κ3) is 3.26. The van der Waals surface area contributed by atoms with E-state index >= 15 is 0 Å². The first-order valence-corrected chi connectivity index (χ1v) is 8.48. The number of aromatic nitrogens is 1. The van der Waals surface area contributed by atoms with Gasteiger partial charge in [0, 0.05) is 21.6 Å². The van der Waals surface area contributed by atoms with Gasteiger partial charge in [0.15, 0.2) is 0 Å².